The van der Waals surface area contributed by atoms with Gasteiger partial charge in [0.25, 0.3) is 0 Å². The lowest BCUT2D eigenvalue weighted by Crippen LogP contribution is -2.32. The molecule has 1 aromatic heterocycles. The number of hydrogen-bond donors (Lipinski definition) is 0. The molecule has 0 bridgehead atoms. The van der Waals surface area contributed by atoms with E-state index in [0.717, 1.165) is 6.54 Å². The van der Waals surface area contributed by atoms with Gasteiger partial charge in [0.1, 0.15) is 0 Å². The van der Waals surface area contributed by atoms with E-state index < -0.39 is 0 Å². The number of benzene rings is 1. The van der Waals surface area contributed by atoms with Crippen LogP contribution in [0.25, 0.3) is 10.9 Å². The highest BCUT2D eigenvalue weighted by Crippen LogP contribution is 2.42. The first-order valence-corrected chi connectivity index (χ1v) is 8.48. The van der Waals surface area contributed by atoms with Crippen molar-refractivity contribution in [3.05, 3.63) is 36.0 Å². The van der Waals surface area contributed by atoms with Crippen LogP contribution in [0.2, 0.25) is 0 Å². The second-order valence-electron chi connectivity index (χ2n) is 7.05. The third-order valence-corrected chi connectivity index (χ3v) is 5.43. The third kappa shape index (κ3) is 2.50. The quantitative estimate of drug-likeness (QED) is 0.770. The first-order valence-electron chi connectivity index (χ1n) is 8.48. The Morgan fingerprint density at radius 3 is 2.86 bits per heavy atom. The molecule has 1 aliphatic carbocycles. The Morgan fingerprint density at radius 2 is 2.00 bits per heavy atom. The molecule has 0 radical (unpaired) electrons. The summed E-state index contributed by atoms with van der Waals surface area (Å²) in [6, 6.07) is 8.95. The van der Waals surface area contributed by atoms with Gasteiger partial charge in [0.2, 0.25) is 0 Å². The van der Waals surface area contributed by atoms with Gasteiger partial charge in [0, 0.05) is 18.3 Å². The standard InChI is InChI=1S/C19H25NO/c1-15-5-6-18-16(13-15)8-12-20(18)14-17-7-11-19(21-17)9-3-2-4-10-19/h5-6,8,12-13,17H,2-4,7,9-11,14H2,1H3. The minimum atomic E-state index is 0.239. The van der Waals surface area contributed by atoms with Crippen LogP contribution in [0.1, 0.15) is 50.5 Å². The van der Waals surface area contributed by atoms with Gasteiger partial charge in [0.15, 0.2) is 0 Å². The molecule has 1 unspecified atom stereocenters. The summed E-state index contributed by atoms with van der Waals surface area (Å²) in [5.41, 5.74) is 2.91. The lowest BCUT2D eigenvalue weighted by molar-refractivity contribution is -0.0676. The highest BCUT2D eigenvalue weighted by Gasteiger charge is 2.40. The second-order valence-corrected chi connectivity index (χ2v) is 7.05. The second kappa shape index (κ2) is 5.17. The molecule has 2 nitrogen and oxygen atoms in total. The molecule has 1 atom stereocenters. The largest absolute Gasteiger partial charge is 0.370 e. The molecule has 0 N–H and O–H groups in total. The van der Waals surface area contributed by atoms with Crippen molar-refractivity contribution in [2.45, 2.75) is 70.1 Å². The number of rotatable bonds is 2. The number of fused-ring (bicyclic) bond motifs is 1. The lowest BCUT2D eigenvalue weighted by Gasteiger charge is -2.33. The maximum Gasteiger partial charge on any atom is 0.0762 e. The van der Waals surface area contributed by atoms with Crippen molar-refractivity contribution in [2.75, 3.05) is 0 Å². The van der Waals surface area contributed by atoms with Crippen LogP contribution in [0.5, 0.6) is 0 Å². The molecule has 2 heteroatoms. The molecule has 1 spiro atoms. The van der Waals surface area contributed by atoms with E-state index >= 15 is 0 Å². The molecule has 1 saturated heterocycles. The van der Waals surface area contributed by atoms with Gasteiger partial charge in [-0.05, 0) is 56.2 Å². The Hall–Kier alpha value is -1.28. The van der Waals surface area contributed by atoms with Crippen LogP contribution in [-0.4, -0.2) is 16.3 Å². The van der Waals surface area contributed by atoms with E-state index in [4.69, 9.17) is 4.74 Å². The summed E-state index contributed by atoms with van der Waals surface area (Å²) in [5.74, 6) is 0. The van der Waals surface area contributed by atoms with E-state index in [1.165, 1.54) is 61.4 Å². The van der Waals surface area contributed by atoms with Gasteiger partial charge in [-0.25, -0.2) is 0 Å². The molecular weight excluding hydrogens is 258 g/mol. The monoisotopic (exact) mass is 283 g/mol. The smallest absolute Gasteiger partial charge is 0.0762 e. The van der Waals surface area contributed by atoms with E-state index in [1.54, 1.807) is 0 Å². The normalized spacial score (nSPS) is 24.9. The van der Waals surface area contributed by atoms with Gasteiger partial charge in [-0.2, -0.15) is 0 Å². The molecule has 1 aliphatic heterocycles. The zero-order chi connectivity index (χ0) is 14.3. The first-order chi connectivity index (χ1) is 10.2. The molecule has 2 fully saturated rings. The van der Waals surface area contributed by atoms with Crippen LogP contribution in [-0.2, 0) is 11.3 Å². The summed E-state index contributed by atoms with van der Waals surface area (Å²) in [6.45, 7) is 3.16. The van der Waals surface area contributed by atoms with E-state index in [-0.39, 0.29) is 5.60 Å². The number of aromatic nitrogens is 1. The lowest BCUT2D eigenvalue weighted by atomic mass is 9.83. The molecule has 0 amide bonds. The van der Waals surface area contributed by atoms with E-state index in [1.807, 2.05) is 0 Å². The van der Waals surface area contributed by atoms with Crippen molar-refractivity contribution in [2.24, 2.45) is 0 Å². The molecule has 2 heterocycles. The van der Waals surface area contributed by atoms with Crippen molar-refractivity contribution < 1.29 is 4.74 Å². The summed E-state index contributed by atoms with van der Waals surface area (Å²) in [5, 5.41) is 1.35. The Labute approximate surface area is 127 Å². The third-order valence-electron chi connectivity index (χ3n) is 5.43. The highest BCUT2D eigenvalue weighted by molar-refractivity contribution is 5.80. The highest BCUT2D eigenvalue weighted by atomic mass is 16.5. The Bertz CT molecular complexity index is 636. The number of ether oxygens (including phenoxy) is 1. The van der Waals surface area contributed by atoms with E-state index in [2.05, 4.69) is 42.0 Å². The van der Waals surface area contributed by atoms with Crippen molar-refractivity contribution in [1.29, 1.82) is 0 Å². The average molecular weight is 283 g/mol. The van der Waals surface area contributed by atoms with Crippen LogP contribution in [0.3, 0.4) is 0 Å². The summed E-state index contributed by atoms with van der Waals surface area (Å²) < 4.78 is 8.89. The summed E-state index contributed by atoms with van der Waals surface area (Å²) >= 11 is 0. The molecule has 2 aliphatic rings. The maximum atomic E-state index is 6.52. The predicted octanol–water partition coefficient (Wildman–Crippen LogP) is 4.83. The van der Waals surface area contributed by atoms with Crippen LogP contribution in [0, 0.1) is 6.92 Å². The fourth-order valence-electron chi connectivity index (χ4n) is 4.29. The average Bonchev–Trinajstić information content (AvgIpc) is 3.05. The van der Waals surface area contributed by atoms with Gasteiger partial charge in [-0.3, -0.25) is 0 Å². The molecule has 21 heavy (non-hydrogen) atoms. The van der Waals surface area contributed by atoms with Crippen LogP contribution in [0.4, 0.5) is 0 Å². The fraction of sp³-hybridized carbons (Fsp3) is 0.579. The number of nitrogens with zero attached hydrogens (tertiary/aromatic N) is 1. The molecule has 4 rings (SSSR count). The first kappa shape index (κ1) is 13.4. The Balaban J connectivity index is 1.50. The van der Waals surface area contributed by atoms with Crippen molar-refractivity contribution in [1.82, 2.24) is 4.57 Å². The van der Waals surface area contributed by atoms with E-state index in [9.17, 15) is 0 Å². The summed E-state index contributed by atoms with van der Waals surface area (Å²) in [6.07, 6.45) is 11.8. The Morgan fingerprint density at radius 1 is 1.14 bits per heavy atom. The SMILES string of the molecule is Cc1ccc2c(ccn2CC2CCC3(CCCCC3)O2)c1. The van der Waals surface area contributed by atoms with Gasteiger partial charge < -0.3 is 9.30 Å². The van der Waals surface area contributed by atoms with Crippen LogP contribution >= 0.6 is 0 Å². The predicted molar refractivity (Wildman–Crippen MR) is 86.6 cm³/mol. The van der Waals surface area contributed by atoms with Crippen LogP contribution in [0.15, 0.2) is 30.5 Å². The number of aryl methyl sites for hydroxylation is 1. The summed E-state index contributed by atoms with van der Waals surface area (Å²) in [4.78, 5) is 0. The topological polar surface area (TPSA) is 14.2 Å². The minimum absolute atomic E-state index is 0.239. The van der Waals surface area contributed by atoms with Crippen molar-refractivity contribution in [3.63, 3.8) is 0 Å². The van der Waals surface area contributed by atoms with Gasteiger partial charge in [-0.1, -0.05) is 30.9 Å². The molecule has 1 saturated carbocycles. The minimum Gasteiger partial charge on any atom is -0.370 e. The Kier molecular flexibility index (Phi) is 3.30. The molecule has 112 valence electrons. The van der Waals surface area contributed by atoms with Gasteiger partial charge in [0.05, 0.1) is 11.7 Å². The number of hydrogen-bond acceptors (Lipinski definition) is 1. The molecule has 2 aromatic rings. The fourth-order valence-corrected chi connectivity index (χ4v) is 4.29. The molecular formula is C19H25NO. The zero-order valence-corrected chi connectivity index (χ0v) is 13.0. The zero-order valence-electron chi connectivity index (χ0n) is 13.0. The van der Waals surface area contributed by atoms with Crippen LogP contribution < -0.4 is 0 Å². The van der Waals surface area contributed by atoms with E-state index in [0.29, 0.717) is 6.10 Å². The molecule has 1 aromatic carbocycles. The summed E-state index contributed by atoms with van der Waals surface area (Å²) in [7, 11) is 0. The maximum absolute atomic E-state index is 6.52. The van der Waals surface area contributed by atoms with Crippen molar-refractivity contribution in [3.8, 4) is 0 Å². The van der Waals surface area contributed by atoms with Crippen molar-refractivity contribution >= 4 is 10.9 Å². The van der Waals surface area contributed by atoms with Gasteiger partial charge in [-0.15, -0.1) is 0 Å². The van der Waals surface area contributed by atoms with Gasteiger partial charge >= 0.3 is 0 Å².